The molecule has 3 atom stereocenters. The van der Waals surface area contributed by atoms with E-state index >= 15 is 0 Å². The van der Waals surface area contributed by atoms with Crippen LogP contribution in [0.4, 0.5) is 0 Å². The molecule has 4 aliphatic rings. The highest BCUT2D eigenvalue weighted by molar-refractivity contribution is 14.1. The Labute approximate surface area is 135 Å². The molecular weight excluding hydrogens is 357 g/mol. The predicted molar refractivity (Wildman–Crippen MR) is 92.6 cm³/mol. The van der Waals surface area contributed by atoms with Crippen molar-refractivity contribution in [1.82, 2.24) is 4.90 Å². The maximum Gasteiger partial charge on any atom is 0.0409 e. The van der Waals surface area contributed by atoms with E-state index in [0.29, 0.717) is 0 Å². The number of fused-ring (bicyclic) bond motifs is 2. The second-order valence-corrected chi connectivity index (χ2v) is 8.17. The van der Waals surface area contributed by atoms with Crippen LogP contribution in [0.5, 0.6) is 0 Å². The summed E-state index contributed by atoms with van der Waals surface area (Å²) in [4.78, 5) is 2.72. The van der Waals surface area contributed by atoms with Gasteiger partial charge in [0, 0.05) is 27.3 Å². The number of hydrogen-bond acceptors (Lipinski definition) is 1. The molecule has 0 aromatic heterocycles. The highest BCUT2D eigenvalue weighted by Gasteiger charge is 2.43. The van der Waals surface area contributed by atoms with E-state index in [9.17, 15) is 0 Å². The number of rotatable bonds is 1. The molecule has 0 spiro atoms. The maximum atomic E-state index is 2.72. The van der Waals surface area contributed by atoms with Crippen LogP contribution in [0.1, 0.15) is 44.9 Å². The maximum absolute atomic E-state index is 2.72. The van der Waals surface area contributed by atoms with E-state index in [2.05, 4.69) is 57.9 Å². The van der Waals surface area contributed by atoms with Crippen molar-refractivity contribution < 1.29 is 0 Å². The van der Waals surface area contributed by atoms with Gasteiger partial charge in [-0.15, -0.1) is 0 Å². The van der Waals surface area contributed by atoms with E-state index in [4.69, 9.17) is 0 Å². The fourth-order valence-electron chi connectivity index (χ4n) is 4.34. The third-order valence-corrected chi connectivity index (χ3v) is 6.34. The van der Waals surface area contributed by atoms with Gasteiger partial charge in [0.05, 0.1) is 0 Å². The Morgan fingerprint density at radius 3 is 2.80 bits per heavy atom. The van der Waals surface area contributed by atoms with Crippen LogP contribution < -0.4 is 0 Å². The van der Waals surface area contributed by atoms with Crippen molar-refractivity contribution in [3.05, 3.63) is 47.3 Å². The highest BCUT2D eigenvalue weighted by atomic mass is 127. The lowest BCUT2D eigenvalue weighted by molar-refractivity contribution is 0.234. The Balaban J connectivity index is 1.73. The van der Waals surface area contributed by atoms with Crippen LogP contribution in [0.2, 0.25) is 0 Å². The first-order chi connectivity index (χ1) is 9.84. The first kappa shape index (κ1) is 13.2. The van der Waals surface area contributed by atoms with Crippen molar-refractivity contribution in [3.63, 3.8) is 0 Å². The van der Waals surface area contributed by atoms with Gasteiger partial charge in [0.15, 0.2) is 0 Å². The molecule has 0 radical (unpaired) electrons. The molecule has 0 amide bonds. The zero-order valence-corrected chi connectivity index (χ0v) is 14.1. The van der Waals surface area contributed by atoms with Gasteiger partial charge in [0.1, 0.15) is 0 Å². The molecule has 1 saturated carbocycles. The van der Waals surface area contributed by atoms with E-state index in [0.717, 1.165) is 15.9 Å². The first-order valence-corrected chi connectivity index (χ1v) is 9.29. The molecule has 0 aromatic carbocycles. The predicted octanol–water partition coefficient (Wildman–Crippen LogP) is 5.11. The lowest BCUT2D eigenvalue weighted by Gasteiger charge is -2.38. The summed E-state index contributed by atoms with van der Waals surface area (Å²) in [6.45, 7) is 0. The van der Waals surface area contributed by atoms with Crippen LogP contribution in [-0.2, 0) is 0 Å². The monoisotopic (exact) mass is 379 g/mol. The summed E-state index contributed by atoms with van der Waals surface area (Å²) in [7, 11) is 0. The number of hydrogen-bond donors (Lipinski definition) is 0. The number of alkyl halides is 1. The van der Waals surface area contributed by atoms with Gasteiger partial charge in [-0.2, -0.15) is 0 Å². The second-order valence-electron chi connectivity index (χ2n) is 6.41. The largest absolute Gasteiger partial charge is 0.341 e. The van der Waals surface area contributed by atoms with Crippen molar-refractivity contribution in [2.75, 3.05) is 0 Å². The minimum atomic E-state index is 0.739. The van der Waals surface area contributed by atoms with E-state index in [-0.39, 0.29) is 0 Å². The molecule has 1 aliphatic heterocycles. The van der Waals surface area contributed by atoms with Gasteiger partial charge < -0.3 is 4.90 Å². The summed E-state index contributed by atoms with van der Waals surface area (Å²) >= 11 is 2.66. The van der Waals surface area contributed by atoms with Gasteiger partial charge in [-0.05, 0) is 56.6 Å². The molecular formula is C18H22IN. The van der Waals surface area contributed by atoms with Crippen molar-refractivity contribution in [1.29, 1.82) is 0 Å². The van der Waals surface area contributed by atoms with Crippen LogP contribution in [-0.4, -0.2) is 14.9 Å². The summed E-state index contributed by atoms with van der Waals surface area (Å²) < 4.78 is 0.869. The van der Waals surface area contributed by atoms with Gasteiger partial charge in [0.2, 0.25) is 0 Å². The molecule has 0 N–H and O–H groups in total. The van der Waals surface area contributed by atoms with E-state index in [1.165, 1.54) is 50.6 Å². The zero-order valence-electron chi connectivity index (χ0n) is 11.9. The highest BCUT2D eigenvalue weighted by Crippen LogP contribution is 2.49. The van der Waals surface area contributed by atoms with Crippen LogP contribution in [0.3, 0.4) is 0 Å². The molecule has 20 heavy (non-hydrogen) atoms. The number of allylic oxidation sites excluding steroid dienone is 6. The quantitative estimate of drug-likeness (QED) is 0.452. The van der Waals surface area contributed by atoms with Crippen LogP contribution >= 0.6 is 22.6 Å². The summed E-state index contributed by atoms with van der Waals surface area (Å²) in [5, 5.41) is 0. The molecule has 1 nitrogen and oxygen atoms in total. The average Bonchev–Trinajstić information content (AvgIpc) is 2.82. The van der Waals surface area contributed by atoms with Gasteiger partial charge in [0.25, 0.3) is 0 Å². The van der Waals surface area contributed by atoms with Gasteiger partial charge >= 0.3 is 0 Å². The third kappa shape index (κ3) is 2.11. The Hall–Kier alpha value is -0.510. The molecule has 0 bridgehead atoms. The number of nitrogens with zero attached hydrogens (tertiary/aromatic N) is 1. The Bertz CT molecular complexity index is 526. The molecule has 0 aromatic rings. The first-order valence-electron chi connectivity index (χ1n) is 8.04. The fraction of sp³-hybridized carbons (Fsp3) is 0.556. The SMILES string of the molecule is IC1CCC2C(C1)C1=C(CCC=C1)N2C1=CCCC=C1. The lowest BCUT2D eigenvalue weighted by atomic mass is 9.80. The normalized spacial score (nSPS) is 36.0. The third-order valence-electron chi connectivity index (χ3n) is 5.20. The van der Waals surface area contributed by atoms with E-state index in [1.54, 1.807) is 11.3 Å². The smallest absolute Gasteiger partial charge is 0.0409 e. The molecule has 3 aliphatic carbocycles. The van der Waals surface area contributed by atoms with Gasteiger partial charge in [-0.25, -0.2) is 0 Å². The minimum absolute atomic E-state index is 0.739. The zero-order chi connectivity index (χ0) is 13.5. The number of halogens is 1. The van der Waals surface area contributed by atoms with Gasteiger partial charge in [-0.3, -0.25) is 0 Å². The molecule has 1 fully saturated rings. The van der Waals surface area contributed by atoms with Crippen molar-refractivity contribution in [2.45, 2.75) is 54.9 Å². The van der Waals surface area contributed by atoms with Crippen LogP contribution in [0.15, 0.2) is 47.3 Å². The lowest BCUT2D eigenvalue weighted by Crippen LogP contribution is -2.37. The van der Waals surface area contributed by atoms with Crippen molar-refractivity contribution in [2.24, 2.45) is 5.92 Å². The Morgan fingerprint density at radius 1 is 1.05 bits per heavy atom. The average molecular weight is 379 g/mol. The summed E-state index contributed by atoms with van der Waals surface area (Å²) in [5.74, 6) is 0.786. The standard InChI is InChI=1S/C18H22IN/c19-13-10-11-18-16(12-13)15-8-4-5-9-17(15)20(18)14-6-2-1-3-7-14/h2,4,6-8,13,16,18H,1,3,5,9-12H2. The molecule has 106 valence electrons. The molecule has 3 unspecified atom stereocenters. The Kier molecular flexibility index (Phi) is 3.53. The molecule has 2 heteroatoms. The molecule has 4 rings (SSSR count). The van der Waals surface area contributed by atoms with Crippen LogP contribution in [0.25, 0.3) is 0 Å². The summed E-state index contributed by atoms with van der Waals surface area (Å²) in [5.41, 5.74) is 4.80. The van der Waals surface area contributed by atoms with Crippen LogP contribution in [0, 0.1) is 5.92 Å². The van der Waals surface area contributed by atoms with E-state index < -0.39 is 0 Å². The summed E-state index contributed by atoms with van der Waals surface area (Å²) in [6.07, 6.45) is 21.0. The molecule has 0 saturated heterocycles. The van der Waals surface area contributed by atoms with Crippen molar-refractivity contribution in [3.8, 4) is 0 Å². The fourth-order valence-corrected chi connectivity index (χ4v) is 5.25. The summed E-state index contributed by atoms with van der Waals surface area (Å²) in [6, 6.07) is 0.739. The second kappa shape index (κ2) is 5.36. The van der Waals surface area contributed by atoms with Gasteiger partial charge in [-0.1, -0.05) is 46.9 Å². The minimum Gasteiger partial charge on any atom is -0.341 e. The topological polar surface area (TPSA) is 3.24 Å². The Morgan fingerprint density at radius 2 is 1.95 bits per heavy atom. The van der Waals surface area contributed by atoms with E-state index in [1.807, 2.05) is 0 Å². The van der Waals surface area contributed by atoms with Crippen molar-refractivity contribution >= 4 is 22.6 Å². The molecule has 1 heterocycles.